The normalized spacial score (nSPS) is 13.5. The Hall–Kier alpha value is -1.09. The Balaban J connectivity index is 3.08. The molecule has 0 aliphatic carbocycles. The van der Waals surface area contributed by atoms with E-state index in [-0.39, 0.29) is 17.3 Å². The third kappa shape index (κ3) is 2.93. The van der Waals surface area contributed by atoms with Crippen LogP contribution in [0.15, 0.2) is 30.3 Å². The van der Waals surface area contributed by atoms with Crippen LogP contribution in [0.3, 0.4) is 0 Å². The molecule has 0 aliphatic rings. The van der Waals surface area contributed by atoms with Crippen molar-refractivity contribution in [2.24, 2.45) is 5.41 Å². The molecule has 0 heterocycles. The van der Waals surface area contributed by atoms with Gasteiger partial charge in [-0.15, -0.1) is 0 Å². The maximum Gasteiger partial charge on any atom is 0.299 e. The summed E-state index contributed by atoms with van der Waals surface area (Å²) in [5.74, 6) is -0.281. The molecule has 1 atom stereocenters. The van der Waals surface area contributed by atoms with Crippen molar-refractivity contribution in [2.45, 2.75) is 26.7 Å². The molecule has 0 radical (unpaired) electrons. The van der Waals surface area contributed by atoms with Gasteiger partial charge in [-0.2, -0.15) is 0 Å². The molecule has 0 spiro atoms. The van der Waals surface area contributed by atoms with Crippen molar-refractivity contribution in [3.05, 3.63) is 35.9 Å². The number of carbonyl (C=O) groups is 1. The van der Waals surface area contributed by atoms with Gasteiger partial charge >= 0.3 is 0 Å². The largest absolute Gasteiger partial charge is 0.528 e. The van der Waals surface area contributed by atoms with Crippen molar-refractivity contribution in [1.82, 2.24) is 0 Å². The molecule has 0 N–H and O–H groups in total. The molecule has 3 heteroatoms. The van der Waals surface area contributed by atoms with Crippen LogP contribution in [-0.2, 0) is 9.22 Å². The molecule has 0 amide bonds. The molecule has 0 fully saturated rings. The molecule has 15 heavy (non-hydrogen) atoms. The molecular formula is C12H18O2Si. The molecule has 0 bridgehead atoms. The maximum absolute atomic E-state index is 11.8. The van der Waals surface area contributed by atoms with E-state index in [1.807, 2.05) is 30.3 Å². The van der Waals surface area contributed by atoms with Crippen LogP contribution < -0.4 is 0 Å². The maximum atomic E-state index is 11.8. The number of hydrogen-bond donors (Lipinski definition) is 0. The minimum atomic E-state index is -0.170. The van der Waals surface area contributed by atoms with Crippen LogP contribution >= 0.6 is 0 Å². The average Bonchev–Trinajstić information content (AvgIpc) is 2.17. The SMILES string of the molecule is CC(C)(C)C(C(=O)O[SiH3])c1ccccc1. The summed E-state index contributed by atoms with van der Waals surface area (Å²) in [5.41, 5.74) is 0.925. The minimum absolute atomic E-state index is 0.108. The smallest absolute Gasteiger partial charge is 0.299 e. The number of rotatable bonds is 2. The van der Waals surface area contributed by atoms with Crippen molar-refractivity contribution in [3.63, 3.8) is 0 Å². The van der Waals surface area contributed by atoms with Gasteiger partial charge in [-0.3, -0.25) is 4.79 Å². The minimum Gasteiger partial charge on any atom is -0.528 e. The Morgan fingerprint density at radius 2 is 1.80 bits per heavy atom. The Bertz CT molecular complexity index is 327. The van der Waals surface area contributed by atoms with Gasteiger partial charge in [0.25, 0.3) is 5.97 Å². The molecule has 1 aromatic rings. The second-order valence-electron chi connectivity index (χ2n) is 4.73. The fraction of sp³-hybridized carbons (Fsp3) is 0.417. The summed E-state index contributed by atoms with van der Waals surface area (Å²) in [6.45, 7) is 6.18. The molecular weight excluding hydrogens is 204 g/mol. The standard InChI is InChI=1S/C12H18O2Si/c1-12(2,3)10(11(13)14-15)9-7-5-4-6-8-9/h4-8,10H,1-3,15H3. The van der Waals surface area contributed by atoms with E-state index in [4.69, 9.17) is 4.43 Å². The summed E-state index contributed by atoms with van der Waals surface area (Å²) in [6.07, 6.45) is 0. The molecule has 1 rings (SSSR count). The lowest BCUT2D eigenvalue weighted by Gasteiger charge is -2.28. The van der Waals surface area contributed by atoms with Crippen LogP contribution in [0, 0.1) is 5.41 Å². The first-order valence-corrected chi connectivity index (χ1v) is 5.91. The van der Waals surface area contributed by atoms with Gasteiger partial charge in [0.2, 0.25) is 10.5 Å². The molecule has 1 unspecified atom stereocenters. The molecule has 0 aromatic heterocycles. The third-order valence-electron chi connectivity index (χ3n) is 2.44. The summed E-state index contributed by atoms with van der Waals surface area (Å²) in [6, 6.07) is 9.82. The lowest BCUT2D eigenvalue weighted by Crippen LogP contribution is -2.27. The van der Waals surface area contributed by atoms with Crippen LogP contribution in [-0.4, -0.2) is 16.5 Å². The van der Waals surface area contributed by atoms with E-state index in [0.29, 0.717) is 10.5 Å². The van der Waals surface area contributed by atoms with Crippen LogP contribution in [0.25, 0.3) is 0 Å². The van der Waals surface area contributed by atoms with E-state index in [9.17, 15) is 4.79 Å². The second-order valence-corrected chi connectivity index (χ2v) is 5.14. The zero-order chi connectivity index (χ0) is 11.5. The summed E-state index contributed by atoms with van der Waals surface area (Å²) in [5, 5.41) is 0. The summed E-state index contributed by atoms with van der Waals surface area (Å²) >= 11 is 0. The Labute approximate surface area is 94.2 Å². The summed E-state index contributed by atoms with van der Waals surface area (Å²) in [7, 11) is 0.456. The van der Waals surface area contributed by atoms with Gasteiger partial charge in [0.15, 0.2) is 0 Å². The van der Waals surface area contributed by atoms with Gasteiger partial charge in [-0.1, -0.05) is 51.1 Å². The first-order chi connectivity index (χ1) is 6.96. The molecule has 0 saturated heterocycles. The number of benzene rings is 1. The Morgan fingerprint density at radius 3 is 2.20 bits per heavy atom. The molecule has 0 saturated carbocycles. The first-order valence-electron chi connectivity index (χ1n) is 5.09. The van der Waals surface area contributed by atoms with Gasteiger partial charge in [-0.25, -0.2) is 0 Å². The highest BCUT2D eigenvalue weighted by molar-refractivity contribution is 6.06. The van der Waals surface area contributed by atoms with E-state index >= 15 is 0 Å². The van der Waals surface area contributed by atoms with Gasteiger partial charge in [0.05, 0.1) is 5.92 Å². The lowest BCUT2D eigenvalue weighted by atomic mass is 9.76. The first kappa shape index (κ1) is 12.0. The Kier molecular flexibility index (Phi) is 3.69. The highest BCUT2D eigenvalue weighted by Gasteiger charge is 2.32. The highest BCUT2D eigenvalue weighted by atomic mass is 28.2. The number of carbonyl (C=O) groups excluding carboxylic acids is 1. The van der Waals surface area contributed by atoms with Gasteiger partial charge in [0, 0.05) is 0 Å². The predicted octanol–water partition coefficient (Wildman–Crippen LogP) is 1.64. The van der Waals surface area contributed by atoms with E-state index in [0.717, 1.165) is 5.56 Å². The fourth-order valence-electron chi connectivity index (χ4n) is 1.75. The van der Waals surface area contributed by atoms with Crippen LogP contribution in [0.2, 0.25) is 0 Å². The van der Waals surface area contributed by atoms with E-state index in [1.54, 1.807) is 0 Å². The van der Waals surface area contributed by atoms with E-state index in [2.05, 4.69) is 20.8 Å². The number of hydrogen-bond acceptors (Lipinski definition) is 2. The van der Waals surface area contributed by atoms with Crippen LogP contribution in [0.1, 0.15) is 32.3 Å². The van der Waals surface area contributed by atoms with Crippen LogP contribution in [0.4, 0.5) is 0 Å². The van der Waals surface area contributed by atoms with Gasteiger partial charge < -0.3 is 4.43 Å². The zero-order valence-corrected chi connectivity index (χ0v) is 11.8. The summed E-state index contributed by atoms with van der Waals surface area (Å²) < 4.78 is 4.99. The highest BCUT2D eigenvalue weighted by Crippen LogP contribution is 2.35. The predicted molar refractivity (Wildman–Crippen MR) is 64.7 cm³/mol. The van der Waals surface area contributed by atoms with Gasteiger partial charge in [0.1, 0.15) is 0 Å². The van der Waals surface area contributed by atoms with Gasteiger partial charge in [-0.05, 0) is 11.0 Å². The molecule has 82 valence electrons. The molecule has 1 aromatic carbocycles. The lowest BCUT2D eigenvalue weighted by molar-refractivity contribution is -0.138. The van der Waals surface area contributed by atoms with Crippen molar-refractivity contribution in [3.8, 4) is 0 Å². The van der Waals surface area contributed by atoms with Crippen molar-refractivity contribution >= 4 is 16.5 Å². The molecule has 2 nitrogen and oxygen atoms in total. The third-order valence-corrected chi connectivity index (χ3v) is 2.84. The molecule has 0 aliphatic heterocycles. The fourth-order valence-corrected chi connectivity index (χ4v) is 1.99. The van der Waals surface area contributed by atoms with Crippen molar-refractivity contribution in [2.75, 3.05) is 0 Å². The monoisotopic (exact) mass is 222 g/mol. The van der Waals surface area contributed by atoms with Crippen molar-refractivity contribution in [1.29, 1.82) is 0 Å². The quantitative estimate of drug-likeness (QED) is 0.711. The zero-order valence-electron chi connectivity index (χ0n) is 9.78. The Morgan fingerprint density at radius 1 is 1.27 bits per heavy atom. The average molecular weight is 222 g/mol. The van der Waals surface area contributed by atoms with Crippen LogP contribution in [0.5, 0.6) is 0 Å². The second kappa shape index (κ2) is 4.62. The topological polar surface area (TPSA) is 26.3 Å². The van der Waals surface area contributed by atoms with E-state index in [1.165, 1.54) is 0 Å². The van der Waals surface area contributed by atoms with Crippen molar-refractivity contribution < 1.29 is 9.22 Å². The van der Waals surface area contributed by atoms with E-state index < -0.39 is 0 Å². The summed E-state index contributed by atoms with van der Waals surface area (Å²) in [4.78, 5) is 11.8.